The van der Waals surface area contributed by atoms with Crippen molar-refractivity contribution in [2.75, 3.05) is 19.6 Å². The Morgan fingerprint density at radius 2 is 2.00 bits per heavy atom. The molecule has 0 aromatic heterocycles. The van der Waals surface area contributed by atoms with Gasteiger partial charge in [-0.15, -0.1) is 11.6 Å². The molecular formula is C14H17ClO2. The van der Waals surface area contributed by atoms with Crippen molar-refractivity contribution in [2.45, 2.75) is 19.4 Å². The fourth-order valence-electron chi connectivity index (χ4n) is 1.13. The van der Waals surface area contributed by atoms with Gasteiger partial charge in [-0.3, -0.25) is 0 Å². The van der Waals surface area contributed by atoms with Gasteiger partial charge in [-0.05, 0) is 31.2 Å². The standard InChI is InChI=1S/C14H17ClO2/c1-12(16-2)11-17-14-8-6-13(7-9-14)5-3-4-10-15/h6-9,12H,4,10-11H2,1-2H3. The van der Waals surface area contributed by atoms with Crippen LogP contribution in [0, 0.1) is 11.8 Å². The van der Waals surface area contributed by atoms with Gasteiger partial charge in [0.2, 0.25) is 0 Å². The molecular weight excluding hydrogens is 236 g/mol. The Morgan fingerprint density at radius 3 is 2.59 bits per heavy atom. The van der Waals surface area contributed by atoms with Gasteiger partial charge in [-0.1, -0.05) is 11.8 Å². The molecule has 1 unspecified atom stereocenters. The smallest absolute Gasteiger partial charge is 0.119 e. The van der Waals surface area contributed by atoms with Gasteiger partial charge in [-0.25, -0.2) is 0 Å². The minimum absolute atomic E-state index is 0.0955. The quantitative estimate of drug-likeness (QED) is 0.592. The van der Waals surface area contributed by atoms with E-state index < -0.39 is 0 Å². The van der Waals surface area contributed by atoms with Crippen LogP contribution in [0.3, 0.4) is 0 Å². The predicted molar refractivity (Wildman–Crippen MR) is 70.6 cm³/mol. The highest BCUT2D eigenvalue weighted by Gasteiger charge is 2.00. The molecule has 0 saturated heterocycles. The van der Waals surface area contributed by atoms with Crippen LogP contribution in [0.4, 0.5) is 0 Å². The Hall–Kier alpha value is -1.17. The maximum atomic E-state index is 5.55. The molecule has 0 aliphatic rings. The topological polar surface area (TPSA) is 18.5 Å². The number of rotatable bonds is 5. The zero-order valence-corrected chi connectivity index (χ0v) is 11.0. The highest BCUT2D eigenvalue weighted by molar-refractivity contribution is 6.18. The first-order valence-corrected chi connectivity index (χ1v) is 6.10. The fraction of sp³-hybridized carbons (Fsp3) is 0.429. The summed E-state index contributed by atoms with van der Waals surface area (Å²) in [5.41, 5.74) is 0.974. The number of hydrogen-bond donors (Lipinski definition) is 0. The Balaban J connectivity index is 2.48. The summed E-state index contributed by atoms with van der Waals surface area (Å²) in [4.78, 5) is 0. The van der Waals surface area contributed by atoms with E-state index in [1.165, 1.54) is 0 Å². The summed E-state index contributed by atoms with van der Waals surface area (Å²) < 4.78 is 10.6. The largest absolute Gasteiger partial charge is 0.491 e. The lowest BCUT2D eigenvalue weighted by Gasteiger charge is -2.11. The zero-order valence-electron chi connectivity index (χ0n) is 10.2. The maximum Gasteiger partial charge on any atom is 0.119 e. The summed E-state index contributed by atoms with van der Waals surface area (Å²) in [5.74, 6) is 7.42. The SMILES string of the molecule is COC(C)COc1ccc(C#CCCCl)cc1. The Bertz CT molecular complexity index is 375. The number of halogens is 1. The molecule has 1 rings (SSSR count). The van der Waals surface area contributed by atoms with Gasteiger partial charge in [0.05, 0.1) is 6.10 Å². The van der Waals surface area contributed by atoms with Crippen molar-refractivity contribution < 1.29 is 9.47 Å². The van der Waals surface area contributed by atoms with Crippen LogP contribution in [-0.4, -0.2) is 25.7 Å². The van der Waals surface area contributed by atoms with Crippen LogP contribution in [0.5, 0.6) is 5.75 Å². The number of methoxy groups -OCH3 is 1. The van der Waals surface area contributed by atoms with E-state index in [0.29, 0.717) is 18.9 Å². The van der Waals surface area contributed by atoms with Crippen LogP contribution >= 0.6 is 11.6 Å². The third kappa shape index (κ3) is 5.63. The number of ether oxygens (including phenoxy) is 2. The first-order valence-electron chi connectivity index (χ1n) is 5.56. The van der Waals surface area contributed by atoms with Crippen molar-refractivity contribution in [3.05, 3.63) is 29.8 Å². The molecule has 0 aliphatic heterocycles. The van der Waals surface area contributed by atoms with Gasteiger partial charge < -0.3 is 9.47 Å². The highest BCUT2D eigenvalue weighted by Crippen LogP contribution is 2.12. The first-order chi connectivity index (χ1) is 8.26. The van der Waals surface area contributed by atoms with Crippen molar-refractivity contribution in [3.63, 3.8) is 0 Å². The lowest BCUT2D eigenvalue weighted by Crippen LogP contribution is -2.15. The fourth-order valence-corrected chi connectivity index (χ4v) is 1.22. The summed E-state index contributed by atoms with van der Waals surface area (Å²) in [5, 5.41) is 0. The molecule has 1 atom stereocenters. The van der Waals surface area contributed by atoms with E-state index in [1.54, 1.807) is 7.11 Å². The van der Waals surface area contributed by atoms with E-state index in [2.05, 4.69) is 11.8 Å². The van der Waals surface area contributed by atoms with Gasteiger partial charge in [0.1, 0.15) is 12.4 Å². The Kier molecular flexibility index (Phi) is 6.54. The third-order valence-electron chi connectivity index (χ3n) is 2.19. The van der Waals surface area contributed by atoms with Crippen molar-refractivity contribution >= 4 is 11.6 Å². The second-order valence-electron chi connectivity index (χ2n) is 3.62. The molecule has 0 bridgehead atoms. The highest BCUT2D eigenvalue weighted by atomic mass is 35.5. The average molecular weight is 253 g/mol. The summed E-state index contributed by atoms with van der Waals surface area (Å²) in [7, 11) is 1.67. The van der Waals surface area contributed by atoms with Gasteiger partial charge in [0.25, 0.3) is 0 Å². The molecule has 0 amide bonds. The molecule has 92 valence electrons. The predicted octanol–water partition coefficient (Wildman–Crippen LogP) is 3.08. The van der Waals surface area contributed by atoms with E-state index >= 15 is 0 Å². The van der Waals surface area contributed by atoms with E-state index in [1.807, 2.05) is 31.2 Å². The summed E-state index contributed by atoms with van der Waals surface area (Å²) in [6.07, 6.45) is 0.809. The molecule has 1 aromatic carbocycles. The number of hydrogen-bond acceptors (Lipinski definition) is 2. The molecule has 0 fully saturated rings. The van der Waals surface area contributed by atoms with Crippen LogP contribution in [0.2, 0.25) is 0 Å². The molecule has 2 nitrogen and oxygen atoms in total. The van der Waals surface area contributed by atoms with Crippen LogP contribution < -0.4 is 4.74 Å². The van der Waals surface area contributed by atoms with E-state index in [9.17, 15) is 0 Å². The van der Waals surface area contributed by atoms with E-state index in [-0.39, 0.29) is 6.10 Å². The van der Waals surface area contributed by atoms with Crippen molar-refractivity contribution in [2.24, 2.45) is 0 Å². The van der Waals surface area contributed by atoms with Gasteiger partial charge in [0.15, 0.2) is 0 Å². The molecule has 0 N–H and O–H groups in total. The van der Waals surface area contributed by atoms with Crippen LogP contribution in [0.1, 0.15) is 18.9 Å². The minimum Gasteiger partial charge on any atom is -0.491 e. The second-order valence-corrected chi connectivity index (χ2v) is 4.00. The summed E-state index contributed by atoms with van der Waals surface area (Å²) >= 11 is 5.54. The normalized spacial score (nSPS) is 11.5. The molecule has 1 aromatic rings. The summed E-state index contributed by atoms with van der Waals surface area (Å²) in [6.45, 7) is 2.51. The third-order valence-corrected chi connectivity index (χ3v) is 2.38. The molecule has 0 spiro atoms. The number of alkyl halides is 1. The Morgan fingerprint density at radius 1 is 1.29 bits per heavy atom. The second kappa shape index (κ2) is 8.00. The molecule has 0 aliphatic carbocycles. The maximum absolute atomic E-state index is 5.55. The molecule has 17 heavy (non-hydrogen) atoms. The molecule has 0 radical (unpaired) electrons. The van der Waals surface area contributed by atoms with Gasteiger partial charge in [0, 0.05) is 25.0 Å². The van der Waals surface area contributed by atoms with Gasteiger partial charge >= 0.3 is 0 Å². The molecule has 3 heteroatoms. The summed E-state index contributed by atoms with van der Waals surface area (Å²) in [6, 6.07) is 7.70. The van der Waals surface area contributed by atoms with Crippen LogP contribution in [0.25, 0.3) is 0 Å². The van der Waals surface area contributed by atoms with Crippen molar-refractivity contribution in [1.82, 2.24) is 0 Å². The van der Waals surface area contributed by atoms with E-state index in [0.717, 1.165) is 11.3 Å². The van der Waals surface area contributed by atoms with Crippen LogP contribution in [-0.2, 0) is 4.74 Å². The average Bonchev–Trinajstić information content (AvgIpc) is 2.37. The van der Waals surface area contributed by atoms with Crippen LogP contribution in [0.15, 0.2) is 24.3 Å². The molecule has 0 saturated carbocycles. The molecule has 0 heterocycles. The first kappa shape index (κ1) is 13.9. The monoisotopic (exact) mass is 252 g/mol. The Labute approximate surface area is 108 Å². The lowest BCUT2D eigenvalue weighted by atomic mass is 10.2. The zero-order chi connectivity index (χ0) is 12.5. The van der Waals surface area contributed by atoms with Crippen molar-refractivity contribution in [3.8, 4) is 17.6 Å². The lowest BCUT2D eigenvalue weighted by molar-refractivity contribution is 0.0717. The minimum atomic E-state index is 0.0955. The van der Waals surface area contributed by atoms with Crippen molar-refractivity contribution in [1.29, 1.82) is 0 Å². The van der Waals surface area contributed by atoms with E-state index in [4.69, 9.17) is 21.1 Å². The van der Waals surface area contributed by atoms with Gasteiger partial charge in [-0.2, -0.15) is 0 Å². The number of benzene rings is 1.